The van der Waals surface area contributed by atoms with Crippen molar-refractivity contribution in [3.8, 4) is 11.3 Å². The van der Waals surface area contributed by atoms with Gasteiger partial charge in [0.2, 0.25) is 5.91 Å². The fourth-order valence-electron chi connectivity index (χ4n) is 2.86. The van der Waals surface area contributed by atoms with E-state index in [4.69, 9.17) is 0 Å². The molecule has 7 heteroatoms. The molecule has 0 unspecified atom stereocenters. The number of hydrogen-bond donors (Lipinski definition) is 2. The molecule has 0 bridgehead atoms. The molecule has 140 valence electrons. The van der Waals surface area contributed by atoms with Crippen LogP contribution in [-0.2, 0) is 4.79 Å². The Labute approximate surface area is 165 Å². The second-order valence-electron chi connectivity index (χ2n) is 6.34. The molecule has 0 saturated heterocycles. The van der Waals surface area contributed by atoms with E-state index < -0.39 is 0 Å². The zero-order valence-electron chi connectivity index (χ0n) is 15.2. The lowest BCUT2D eigenvalue weighted by Crippen LogP contribution is -2.32. The van der Waals surface area contributed by atoms with E-state index in [1.165, 1.54) is 4.88 Å². The van der Waals surface area contributed by atoms with Crippen LogP contribution in [0.5, 0.6) is 0 Å². The highest BCUT2D eigenvalue weighted by Gasteiger charge is 2.10. The number of aryl methyl sites for hydroxylation is 1. The SMILES string of the molecule is Cc1cn2cc(-c3cccc(NC(=O)CNC(=O)c4ccccc4)c3)nc2s1. The van der Waals surface area contributed by atoms with Gasteiger partial charge >= 0.3 is 0 Å². The van der Waals surface area contributed by atoms with Crippen molar-refractivity contribution < 1.29 is 9.59 Å². The van der Waals surface area contributed by atoms with Crippen molar-refractivity contribution in [2.45, 2.75) is 6.92 Å². The third kappa shape index (κ3) is 3.94. The first-order valence-corrected chi connectivity index (χ1v) is 9.59. The van der Waals surface area contributed by atoms with Gasteiger partial charge in [0.1, 0.15) is 0 Å². The summed E-state index contributed by atoms with van der Waals surface area (Å²) in [7, 11) is 0. The molecule has 0 saturated carbocycles. The number of benzene rings is 2. The summed E-state index contributed by atoms with van der Waals surface area (Å²) in [5.74, 6) is -0.569. The number of fused-ring (bicyclic) bond motifs is 1. The van der Waals surface area contributed by atoms with E-state index in [9.17, 15) is 9.59 Å². The number of carbonyl (C=O) groups is 2. The molecule has 0 atom stereocenters. The van der Waals surface area contributed by atoms with Gasteiger partial charge in [-0.3, -0.25) is 14.0 Å². The molecule has 0 aliphatic carbocycles. The first-order valence-electron chi connectivity index (χ1n) is 8.77. The molecule has 2 N–H and O–H groups in total. The maximum Gasteiger partial charge on any atom is 0.251 e. The molecule has 0 aliphatic rings. The number of rotatable bonds is 5. The Morgan fingerprint density at radius 2 is 1.89 bits per heavy atom. The average molecular weight is 390 g/mol. The van der Waals surface area contributed by atoms with Gasteiger partial charge in [0.05, 0.1) is 12.2 Å². The zero-order chi connectivity index (χ0) is 19.5. The van der Waals surface area contributed by atoms with Gasteiger partial charge in [0, 0.05) is 34.1 Å². The van der Waals surface area contributed by atoms with E-state index in [0.717, 1.165) is 16.2 Å². The van der Waals surface area contributed by atoms with Crippen LogP contribution < -0.4 is 10.6 Å². The van der Waals surface area contributed by atoms with Gasteiger partial charge in [-0.1, -0.05) is 30.3 Å². The van der Waals surface area contributed by atoms with Crippen LogP contribution in [0, 0.1) is 6.92 Å². The highest BCUT2D eigenvalue weighted by atomic mass is 32.1. The van der Waals surface area contributed by atoms with Crippen LogP contribution in [0.25, 0.3) is 16.2 Å². The normalized spacial score (nSPS) is 10.8. The summed E-state index contributed by atoms with van der Waals surface area (Å²) >= 11 is 1.63. The summed E-state index contributed by atoms with van der Waals surface area (Å²) in [5, 5.41) is 5.43. The van der Waals surface area contributed by atoms with Crippen molar-refractivity contribution in [3.63, 3.8) is 0 Å². The molecule has 2 aromatic heterocycles. The molecular weight excluding hydrogens is 372 g/mol. The molecule has 2 aromatic carbocycles. The molecule has 0 spiro atoms. The topological polar surface area (TPSA) is 75.5 Å². The highest BCUT2D eigenvalue weighted by molar-refractivity contribution is 7.17. The highest BCUT2D eigenvalue weighted by Crippen LogP contribution is 2.25. The number of thiazole rings is 1. The predicted molar refractivity (Wildman–Crippen MR) is 111 cm³/mol. The maximum absolute atomic E-state index is 12.2. The monoisotopic (exact) mass is 390 g/mol. The molecule has 0 aliphatic heterocycles. The third-order valence-electron chi connectivity index (χ3n) is 4.16. The van der Waals surface area contributed by atoms with E-state index in [-0.39, 0.29) is 18.4 Å². The van der Waals surface area contributed by atoms with Crippen LogP contribution in [0.2, 0.25) is 0 Å². The van der Waals surface area contributed by atoms with Crippen LogP contribution in [0.4, 0.5) is 5.69 Å². The Morgan fingerprint density at radius 1 is 1.07 bits per heavy atom. The van der Waals surface area contributed by atoms with Gasteiger partial charge < -0.3 is 10.6 Å². The molecule has 2 amide bonds. The number of imidazole rings is 1. The Kier molecular flexibility index (Phi) is 4.90. The lowest BCUT2D eigenvalue weighted by molar-refractivity contribution is -0.115. The Bertz CT molecular complexity index is 1120. The molecule has 0 radical (unpaired) electrons. The standard InChI is InChI=1S/C21H18N4O2S/c1-14-12-25-13-18(24-21(25)28-14)16-8-5-9-17(10-16)23-19(26)11-22-20(27)15-6-3-2-4-7-15/h2-10,12-13H,11H2,1H3,(H,22,27)(H,23,26). The van der Waals surface area contributed by atoms with E-state index in [0.29, 0.717) is 11.3 Å². The molecule has 4 aromatic rings. The lowest BCUT2D eigenvalue weighted by atomic mass is 10.1. The van der Waals surface area contributed by atoms with Crippen molar-refractivity contribution in [1.29, 1.82) is 0 Å². The minimum Gasteiger partial charge on any atom is -0.343 e. The van der Waals surface area contributed by atoms with Crippen LogP contribution in [0.3, 0.4) is 0 Å². The van der Waals surface area contributed by atoms with Gasteiger partial charge in [-0.15, -0.1) is 11.3 Å². The minimum absolute atomic E-state index is 0.0998. The number of hydrogen-bond acceptors (Lipinski definition) is 4. The molecule has 6 nitrogen and oxygen atoms in total. The van der Waals surface area contributed by atoms with Crippen molar-refractivity contribution in [1.82, 2.24) is 14.7 Å². The number of nitrogens with zero attached hydrogens (tertiary/aromatic N) is 2. The van der Waals surface area contributed by atoms with Crippen molar-refractivity contribution >= 4 is 33.8 Å². The summed E-state index contributed by atoms with van der Waals surface area (Å²) in [6, 6.07) is 16.3. The molecule has 2 heterocycles. The maximum atomic E-state index is 12.2. The summed E-state index contributed by atoms with van der Waals surface area (Å²) in [4.78, 5) is 31.0. The summed E-state index contributed by atoms with van der Waals surface area (Å²) in [6.07, 6.45) is 4.01. The van der Waals surface area contributed by atoms with Gasteiger partial charge in [0.25, 0.3) is 5.91 Å². The largest absolute Gasteiger partial charge is 0.343 e. The Balaban J connectivity index is 1.40. The van der Waals surface area contributed by atoms with Crippen LogP contribution in [0.1, 0.15) is 15.2 Å². The van der Waals surface area contributed by atoms with Gasteiger partial charge in [0.15, 0.2) is 4.96 Å². The molecule has 4 rings (SSSR count). The predicted octanol–water partition coefficient (Wildman–Crippen LogP) is 3.74. The van der Waals surface area contributed by atoms with Gasteiger partial charge in [-0.2, -0.15) is 0 Å². The van der Waals surface area contributed by atoms with Crippen LogP contribution >= 0.6 is 11.3 Å². The second-order valence-corrected chi connectivity index (χ2v) is 7.55. The average Bonchev–Trinajstić information content (AvgIpc) is 3.24. The number of anilines is 1. The van der Waals surface area contributed by atoms with Crippen molar-refractivity contribution in [2.75, 3.05) is 11.9 Å². The van der Waals surface area contributed by atoms with Crippen LogP contribution in [0.15, 0.2) is 67.0 Å². The molecule has 0 fully saturated rings. The Morgan fingerprint density at radius 3 is 2.68 bits per heavy atom. The quantitative estimate of drug-likeness (QED) is 0.545. The van der Waals surface area contributed by atoms with Gasteiger partial charge in [-0.05, 0) is 31.2 Å². The number of carbonyl (C=O) groups excluding carboxylic acids is 2. The van der Waals surface area contributed by atoms with Crippen molar-refractivity contribution in [2.24, 2.45) is 0 Å². The third-order valence-corrected chi connectivity index (χ3v) is 5.07. The van der Waals surface area contributed by atoms with Gasteiger partial charge in [-0.25, -0.2) is 4.98 Å². The summed E-state index contributed by atoms with van der Waals surface area (Å²) in [5.41, 5.74) is 2.94. The van der Waals surface area contributed by atoms with E-state index >= 15 is 0 Å². The number of aromatic nitrogens is 2. The van der Waals surface area contributed by atoms with Crippen LogP contribution in [-0.4, -0.2) is 27.7 Å². The number of amides is 2. The van der Waals surface area contributed by atoms with E-state index in [2.05, 4.69) is 15.6 Å². The molecule has 28 heavy (non-hydrogen) atoms. The summed E-state index contributed by atoms with van der Waals surface area (Å²) in [6.45, 7) is 1.95. The second kappa shape index (κ2) is 7.66. The summed E-state index contributed by atoms with van der Waals surface area (Å²) < 4.78 is 2.00. The zero-order valence-corrected chi connectivity index (χ0v) is 16.0. The number of nitrogens with one attached hydrogen (secondary N) is 2. The smallest absolute Gasteiger partial charge is 0.251 e. The first kappa shape index (κ1) is 17.9. The van der Waals surface area contributed by atoms with E-state index in [1.54, 1.807) is 35.6 Å². The van der Waals surface area contributed by atoms with Crippen molar-refractivity contribution in [3.05, 3.63) is 77.4 Å². The van der Waals surface area contributed by atoms with E-state index in [1.807, 2.05) is 54.0 Å². The first-order chi connectivity index (χ1) is 13.6. The fourth-order valence-corrected chi connectivity index (χ4v) is 3.67. The lowest BCUT2D eigenvalue weighted by Gasteiger charge is -2.08. The fraction of sp³-hybridized carbons (Fsp3) is 0.0952. The molecular formula is C21H18N4O2S. The Hall–Kier alpha value is -3.45. The minimum atomic E-state index is -0.289.